The maximum absolute atomic E-state index is 6.63. The molecule has 0 saturated carbocycles. The van der Waals surface area contributed by atoms with Crippen molar-refractivity contribution in [3.8, 4) is 39.9 Å². The van der Waals surface area contributed by atoms with Gasteiger partial charge in [0.2, 0.25) is 5.95 Å². The van der Waals surface area contributed by atoms with E-state index in [1.807, 2.05) is 36.5 Å². The van der Waals surface area contributed by atoms with Gasteiger partial charge in [0.15, 0.2) is 19.7 Å². The molecule has 0 spiro atoms. The average molecular weight is 914 g/mol. The van der Waals surface area contributed by atoms with Crippen molar-refractivity contribution in [3.05, 3.63) is 237 Å². The Bertz CT molecular complexity index is 4200. The van der Waals surface area contributed by atoms with Crippen molar-refractivity contribution in [2.75, 3.05) is 0 Å². The third kappa shape index (κ3) is 6.07. The van der Waals surface area contributed by atoms with E-state index in [2.05, 4.69) is 204 Å². The van der Waals surface area contributed by atoms with Gasteiger partial charge in [-0.3, -0.25) is 9.55 Å². The fourth-order valence-electron chi connectivity index (χ4n) is 10.9. The summed E-state index contributed by atoms with van der Waals surface area (Å²) < 4.78 is 15.2. The van der Waals surface area contributed by atoms with Gasteiger partial charge in [-0.15, -0.1) is 0 Å². The first-order valence-corrected chi connectivity index (χ1v) is 25.4. The SMILES string of the molecule is c1ccc([Si](c2ccccc2)(c2ccccc2)c2ccc(-c3nc(-c4cccc5oc6ccncc6c45)nc(-n4c5ccccc5c5c(-c6cccc7c6oc6ccccc67)cccc54)n3)cc2)cc1. The Kier molecular flexibility index (Phi) is 9.08. The van der Waals surface area contributed by atoms with Gasteiger partial charge in [0.05, 0.1) is 11.0 Å². The number of fused-ring (bicyclic) bond motifs is 9. The molecule has 14 rings (SSSR count). The van der Waals surface area contributed by atoms with Gasteiger partial charge in [0, 0.05) is 61.4 Å². The van der Waals surface area contributed by atoms with Crippen molar-refractivity contribution in [1.29, 1.82) is 0 Å². The van der Waals surface area contributed by atoms with E-state index >= 15 is 0 Å². The average Bonchev–Trinajstić information content (AvgIpc) is 4.12. The van der Waals surface area contributed by atoms with Crippen molar-refractivity contribution in [1.82, 2.24) is 24.5 Å². The molecule has 8 heteroatoms. The molecule has 5 heterocycles. The lowest BCUT2D eigenvalue weighted by atomic mass is 9.97. The lowest BCUT2D eigenvalue weighted by molar-refractivity contribution is 0.668. The quantitative estimate of drug-likeness (QED) is 0.112. The fraction of sp³-hybridized carbons (Fsp3) is 0. The second-order valence-corrected chi connectivity index (χ2v) is 21.5. The van der Waals surface area contributed by atoms with E-state index in [4.69, 9.17) is 23.8 Å². The molecule has 0 bridgehead atoms. The summed E-state index contributed by atoms with van der Waals surface area (Å²) in [6.07, 6.45) is 3.61. The van der Waals surface area contributed by atoms with E-state index in [0.29, 0.717) is 17.6 Å². The smallest absolute Gasteiger partial charge is 0.238 e. The zero-order chi connectivity index (χ0) is 46.2. The molecule has 70 heavy (non-hydrogen) atoms. The van der Waals surface area contributed by atoms with E-state index < -0.39 is 8.07 Å². The molecular weight excluding hydrogens is 875 g/mol. The van der Waals surface area contributed by atoms with E-state index in [-0.39, 0.29) is 0 Å². The Balaban J connectivity index is 1.02. The summed E-state index contributed by atoms with van der Waals surface area (Å²) in [5, 5.41) is 11.3. The monoisotopic (exact) mass is 913 g/mol. The summed E-state index contributed by atoms with van der Waals surface area (Å²) in [6.45, 7) is 0. The van der Waals surface area contributed by atoms with Crippen LogP contribution in [0, 0.1) is 0 Å². The zero-order valence-electron chi connectivity index (χ0n) is 37.6. The zero-order valence-corrected chi connectivity index (χ0v) is 38.6. The van der Waals surface area contributed by atoms with Gasteiger partial charge >= 0.3 is 0 Å². The highest BCUT2D eigenvalue weighted by Crippen LogP contribution is 2.43. The van der Waals surface area contributed by atoms with Gasteiger partial charge in [0.25, 0.3) is 0 Å². The third-order valence-electron chi connectivity index (χ3n) is 13.9. The second-order valence-electron chi connectivity index (χ2n) is 17.7. The van der Waals surface area contributed by atoms with Gasteiger partial charge in [-0.2, -0.15) is 9.97 Å². The van der Waals surface area contributed by atoms with Gasteiger partial charge in [0.1, 0.15) is 22.3 Å². The molecule has 0 N–H and O–H groups in total. The van der Waals surface area contributed by atoms with E-state index in [0.717, 1.165) is 87.9 Å². The summed E-state index contributed by atoms with van der Waals surface area (Å²) in [4.78, 5) is 20.7. The number of aromatic nitrogens is 5. The third-order valence-corrected chi connectivity index (χ3v) is 18.7. The maximum atomic E-state index is 6.63. The van der Waals surface area contributed by atoms with E-state index in [1.54, 1.807) is 6.20 Å². The Labute approximate surface area is 402 Å². The van der Waals surface area contributed by atoms with Crippen LogP contribution in [0.4, 0.5) is 0 Å². The van der Waals surface area contributed by atoms with Gasteiger partial charge in [-0.1, -0.05) is 194 Å². The highest BCUT2D eigenvalue weighted by Gasteiger charge is 2.41. The van der Waals surface area contributed by atoms with E-state index in [9.17, 15) is 0 Å². The van der Waals surface area contributed by atoms with Gasteiger partial charge in [-0.05, 0) is 56.6 Å². The second kappa shape index (κ2) is 15.9. The van der Waals surface area contributed by atoms with E-state index in [1.165, 1.54) is 20.7 Å². The van der Waals surface area contributed by atoms with Gasteiger partial charge in [-0.25, -0.2) is 4.98 Å². The molecule has 0 saturated heterocycles. The van der Waals surface area contributed by atoms with Crippen LogP contribution in [0.5, 0.6) is 0 Å². The van der Waals surface area contributed by atoms with Crippen molar-refractivity contribution in [2.24, 2.45) is 0 Å². The first-order valence-electron chi connectivity index (χ1n) is 23.4. The molecule has 0 unspecified atom stereocenters. The summed E-state index contributed by atoms with van der Waals surface area (Å²) in [5.41, 5.74) is 8.92. The van der Waals surface area contributed by atoms with Crippen molar-refractivity contribution < 1.29 is 8.83 Å². The molecule has 0 atom stereocenters. The molecule has 9 aromatic carbocycles. The van der Waals surface area contributed by atoms with Crippen molar-refractivity contribution in [3.63, 3.8) is 0 Å². The molecule has 7 nitrogen and oxygen atoms in total. The van der Waals surface area contributed by atoms with Crippen LogP contribution in [0.3, 0.4) is 0 Å². The summed E-state index contributed by atoms with van der Waals surface area (Å²) in [6, 6.07) is 79.5. The minimum absolute atomic E-state index is 0.499. The number of furan rings is 2. The molecular formula is C62H39N5O2Si. The standard InChI is InChI=1S/C62H39N5O2Si/c1-4-17-41(18-5-1)70(42-19-6-2-7-20-42,43-21-8-3-9-22-43)44-35-33-40(34-36-44)60-64-61(50-28-16-32-56-58(50)51-39-63-38-37-55(51)68-56)66-62(65-60)67-52-29-12-10-24-49(52)57-46(25-15-30-53(57)67)48-27-14-26-47-45-23-11-13-31-54(45)69-59(47)48/h1-39H. The van der Waals surface area contributed by atoms with Crippen LogP contribution < -0.4 is 20.7 Å². The van der Waals surface area contributed by atoms with Crippen LogP contribution in [-0.2, 0) is 0 Å². The van der Waals surface area contributed by atoms with Crippen LogP contribution in [-0.4, -0.2) is 32.6 Å². The lowest BCUT2D eigenvalue weighted by Gasteiger charge is -2.34. The number of hydrogen-bond acceptors (Lipinski definition) is 6. The number of nitrogens with zero attached hydrogens (tertiary/aromatic N) is 5. The maximum Gasteiger partial charge on any atom is 0.238 e. The Morgan fingerprint density at radius 3 is 1.67 bits per heavy atom. The molecule has 5 aromatic heterocycles. The molecule has 0 aliphatic carbocycles. The fourth-order valence-corrected chi connectivity index (χ4v) is 15.7. The summed E-state index contributed by atoms with van der Waals surface area (Å²) >= 11 is 0. The highest BCUT2D eigenvalue weighted by molar-refractivity contribution is 7.19. The normalized spacial score (nSPS) is 12.0. The topological polar surface area (TPSA) is 82.8 Å². The predicted octanol–water partition coefficient (Wildman–Crippen LogP) is 12.5. The van der Waals surface area contributed by atoms with Crippen LogP contribution in [0.25, 0.3) is 106 Å². The molecule has 0 fully saturated rings. The number of para-hydroxylation sites is 3. The highest BCUT2D eigenvalue weighted by atomic mass is 28.3. The summed E-state index contributed by atoms with van der Waals surface area (Å²) in [7, 11) is -2.79. The minimum atomic E-state index is -2.79. The van der Waals surface area contributed by atoms with Crippen LogP contribution >= 0.6 is 0 Å². The molecule has 0 radical (unpaired) electrons. The lowest BCUT2D eigenvalue weighted by Crippen LogP contribution is -2.74. The van der Waals surface area contributed by atoms with Gasteiger partial charge < -0.3 is 8.83 Å². The van der Waals surface area contributed by atoms with Crippen LogP contribution in [0.15, 0.2) is 246 Å². The number of benzene rings is 9. The largest absolute Gasteiger partial charge is 0.456 e. The Morgan fingerprint density at radius 2 is 0.914 bits per heavy atom. The molecule has 14 aromatic rings. The minimum Gasteiger partial charge on any atom is -0.456 e. The van der Waals surface area contributed by atoms with Crippen molar-refractivity contribution >= 4 is 94.5 Å². The first-order chi connectivity index (χ1) is 34.7. The first kappa shape index (κ1) is 39.9. The van der Waals surface area contributed by atoms with Crippen molar-refractivity contribution in [2.45, 2.75) is 0 Å². The number of rotatable bonds is 8. The number of hydrogen-bond donors (Lipinski definition) is 0. The molecule has 0 aliphatic heterocycles. The Hall–Kier alpha value is -9.24. The van der Waals surface area contributed by atoms with Crippen LogP contribution in [0.2, 0.25) is 0 Å². The Morgan fingerprint density at radius 1 is 0.357 bits per heavy atom. The number of pyridine rings is 1. The summed E-state index contributed by atoms with van der Waals surface area (Å²) in [5.74, 6) is 1.57. The predicted molar refractivity (Wildman–Crippen MR) is 286 cm³/mol. The molecule has 328 valence electrons. The van der Waals surface area contributed by atoms with Crippen LogP contribution in [0.1, 0.15) is 0 Å². The molecule has 0 aliphatic rings. The molecule has 0 amide bonds.